The van der Waals surface area contributed by atoms with Gasteiger partial charge in [0.15, 0.2) is 12.0 Å². The standard InChI is InChI=1S/C8H7N2O7P/c1-3-6-4(2-9-12)5-7(10-3)15-18(13,17-14-6)16-8(5)11/h2,8,11-12H,1H3/b9-2+. The summed E-state index contributed by atoms with van der Waals surface area (Å²) in [6, 6.07) is 0. The molecule has 0 saturated carbocycles. The van der Waals surface area contributed by atoms with Crippen LogP contribution in [0.25, 0.3) is 0 Å². The molecule has 1 aromatic heterocycles. The Bertz CT molecular complexity index is 602. The van der Waals surface area contributed by atoms with Crippen LogP contribution in [0.4, 0.5) is 0 Å². The van der Waals surface area contributed by atoms with Crippen LogP contribution < -0.4 is 9.41 Å². The summed E-state index contributed by atoms with van der Waals surface area (Å²) in [4.78, 5) is 8.79. The predicted octanol–water partition coefficient (Wildman–Crippen LogP) is 1.03. The summed E-state index contributed by atoms with van der Waals surface area (Å²) >= 11 is 0. The van der Waals surface area contributed by atoms with E-state index in [-0.39, 0.29) is 22.8 Å². The monoisotopic (exact) mass is 274 g/mol. The van der Waals surface area contributed by atoms with Gasteiger partial charge < -0.3 is 19.7 Å². The summed E-state index contributed by atoms with van der Waals surface area (Å²) in [5.41, 5.74) is 0.575. The number of aromatic nitrogens is 1. The van der Waals surface area contributed by atoms with Crippen LogP contribution in [-0.4, -0.2) is 21.5 Å². The molecule has 2 N–H and O–H groups in total. The minimum absolute atomic E-state index is 0.0585. The smallest absolute Gasteiger partial charge is 0.411 e. The maximum absolute atomic E-state index is 11.8. The van der Waals surface area contributed by atoms with E-state index in [2.05, 4.69) is 19.3 Å². The van der Waals surface area contributed by atoms with Crippen molar-refractivity contribution in [1.82, 2.24) is 4.98 Å². The minimum atomic E-state index is -4.05. The highest BCUT2D eigenvalue weighted by molar-refractivity contribution is 7.48. The number of aliphatic hydroxyl groups is 1. The van der Waals surface area contributed by atoms with E-state index in [0.717, 1.165) is 6.21 Å². The van der Waals surface area contributed by atoms with Crippen LogP contribution in [-0.2, 0) is 13.8 Å². The molecule has 96 valence electrons. The van der Waals surface area contributed by atoms with E-state index in [1.165, 1.54) is 0 Å². The van der Waals surface area contributed by atoms with Gasteiger partial charge in [-0.15, -0.1) is 0 Å². The molecule has 0 amide bonds. The summed E-state index contributed by atoms with van der Waals surface area (Å²) < 4.78 is 26.0. The maximum atomic E-state index is 11.8. The largest absolute Gasteiger partial charge is 0.570 e. The molecular weight excluding hydrogens is 267 g/mol. The molecule has 0 aromatic carbocycles. The van der Waals surface area contributed by atoms with Crippen LogP contribution in [0, 0.1) is 6.92 Å². The summed E-state index contributed by atoms with van der Waals surface area (Å²) in [5, 5.41) is 21.2. The van der Waals surface area contributed by atoms with Crippen molar-refractivity contribution < 1.29 is 33.5 Å². The van der Waals surface area contributed by atoms with Crippen LogP contribution in [0.1, 0.15) is 23.1 Å². The summed E-state index contributed by atoms with van der Waals surface area (Å²) in [5.74, 6) is -0.0473. The van der Waals surface area contributed by atoms with Crippen LogP contribution >= 0.6 is 7.82 Å². The molecule has 0 radical (unpaired) electrons. The first-order valence-electron chi connectivity index (χ1n) is 4.78. The van der Waals surface area contributed by atoms with Gasteiger partial charge in [0.1, 0.15) is 0 Å². The molecule has 0 spiro atoms. The van der Waals surface area contributed by atoms with Crippen molar-refractivity contribution >= 4 is 14.0 Å². The molecule has 4 bridgehead atoms. The van der Waals surface area contributed by atoms with E-state index in [9.17, 15) is 9.67 Å². The molecule has 5 heterocycles. The third kappa shape index (κ3) is 1.49. The van der Waals surface area contributed by atoms with Crippen molar-refractivity contribution in [3.63, 3.8) is 0 Å². The second kappa shape index (κ2) is 3.66. The number of aliphatic hydroxyl groups excluding tert-OH is 1. The number of fused-ring (bicyclic) bond motifs is 2. The third-order valence-corrected chi connectivity index (χ3v) is 3.55. The SMILES string of the molecule is Cc1nc2c3c(/C=N/O)c1OOP(=O)(O2)OC3O. The number of aryl methyl sites for hydroxylation is 1. The second-order valence-corrected chi connectivity index (χ2v) is 4.99. The zero-order chi connectivity index (χ0) is 12.9. The van der Waals surface area contributed by atoms with Gasteiger partial charge >= 0.3 is 7.82 Å². The zero-order valence-corrected chi connectivity index (χ0v) is 9.83. The molecule has 5 rings (SSSR count). The van der Waals surface area contributed by atoms with Crippen molar-refractivity contribution in [2.45, 2.75) is 13.2 Å². The van der Waals surface area contributed by atoms with Gasteiger partial charge in [0.2, 0.25) is 5.88 Å². The van der Waals surface area contributed by atoms with Crippen molar-refractivity contribution in [3.05, 3.63) is 16.8 Å². The Morgan fingerprint density at radius 3 is 3.06 bits per heavy atom. The van der Waals surface area contributed by atoms with Crippen molar-refractivity contribution in [2.24, 2.45) is 5.16 Å². The van der Waals surface area contributed by atoms with Crippen LogP contribution in [0.15, 0.2) is 5.16 Å². The Kier molecular flexibility index (Phi) is 2.32. The summed E-state index contributed by atoms with van der Waals surface area (Å²) in [6.45, 7) is 1.58. The van der Waals surface area contributed by atoms with Crippen molar-refractivity contribution in [3.8, 4) is 11.6 Å². The molecule has 18 heavy (non-hydrogen) atoms. The number of rotatable bonds is 1. The van der Waals surface area contributed by atoms with Gasteiger partial charge in [-0.2, -0.15) is 0 Å². The Morgan fingerprint density at radius 2 is 2.33 bits per heavy atom. The third-order valence-electron chi connectivity index (χ3n) is 2.44. The Balaban J connectivity index is 2.36. The topological polar surface area (TPSA) is 120 Å². The number of hydrogen-bond acceptors (Lipinski definition) is 9. The van der Waals surface area contributed by atoms with E-state index >= 15 is 0 Å². The summed E-state index contributed by atoms with van der Waals surface area (Å²) in [7, 11) is -4.05. The number of phosphoric acid groups is 1. The molecule has 0 aliphatic carbocycles. The molecule has 1 aromatic rings. The van der Waals surface area contributed by atoms with Crippen LogP contribution in [0.3, 0.4) is 0 Å². The Morgan fingerprint density at radius 1 is 1.56 bits per heavy atom. The normalized spacial score (nSPS) is 28.9. The molecule has 4 aliphatic heterocycles. The molecule has 4 aliphatic rings. The summed E-state index contributed by atoms with van der Waals surface area (Å²) in [6.07, 6.45) is -0.577. The highest BCUT2D eigenvalue weighted by Crippen LogP contribution is 2.60. The zero-order valence-electron chi connectivity index (χ0n) is 8.93. The Hall–Kier alpha value is -1.67. The van der Waals surface area contributed by atoms with Gasteiger partial charge in [-0.3, -0.25) is 0 Å². The minimum Gasteiger partial charge on any atom is -0.411 e. The lowest BCUT2D eigenvalue weighted by molar-refractivity contribution is -0.159. The van der Waals surface area contributed by atoms with Gasteiger partial charge in [-0.05, 0) is 6.92 Å². The predicted molar refractivity (Wildman–Crippen MR) is 54.3 cm³/mol. The number of pyridine rings is 1. The first-order valence-corrected chi connectivity index (χ1v) is 6.24. The first-order chi connectivity index (χ1) is 8.54. The number of hydrogen-bond donors (Lipinski definition) is 2. The van der Waals surface area contributed by atoms with Gasteiger partial charge in [-0.25, -0.2) is 14.1 Å². The lowest BCUT2D eigenvalue weighted by Crippen LogP contribution is -2.23. The molecule has 0 fully saturated rings. The van der Waals surface area contributed by atoms with Crippen LogP contribution in [0.2, 0.25) is 0 Å². The highest BCUT2D eigenvalue weighted by Gasteiger charge is 2.46. The fourth-order valence-electron chi connectivity index (χ4n) is 1.71. The fraction of sp³-hybridized carbons (Fsp3) is 0.250. The molecule has 10 heteroatoms. The molecular formula is C8H7N2O7P. The number of nitrogens with zero attached hydrogens (tertiary/aromatic N) is 2. The van der Waals surface area contributed by atoms with Crippen molar-refractivity contribution in [2.75, 3.05) is 0 Å². The highest BCUT2D eigenvalue weighted by atomic mass is 31.2. The van der Waals surface area contributed by atoms with Crippen LogP contribution in [0.5, 0.6) is 11.6 Å². The average molecular weight is 274 g/mol. The van der Waals surface area contributed by atoms with Gasteiger partial charge in [0, 0.05) is 0 Å². The lowest BCUT2D eigenvalue weighted by atomic mass is 10.1. The van der Waals surface area contributed by atoms with E-state index in [4.69, 9.17) is 14.6 Å². The molecule has 2 atom stereocenters. The van der Waals surface area contributed by atoms with Gasteiger partial charge in [0.05, 0.1) is 23.0 Å². The van der Waals surface area contributed by atoms with E-state index in [1.807, 2.05) is 0 Å². The van der Waals surface area contributed by atoms with Gasteiger partial charge in [-0.1, -0.05) is 9.83 Å². The number of phosphoric ester groups is 1. The van der Waals surface area contributed by atoms with E-state index < -0.39 is 14.1 Å². The average Bonchev–Trinajstić information content (AvgIpc) is 2.24. The van der Waals surface area contributed by atoms with Gasteiger partial charge in [0.25, 0.3) is 0 Å². The fourth-order valence-corrected chi connectivity index (χ4v) is 2.69. The van der Waals surface area contributed by atoms with Crippen molar-refractivity contribution in [1.29, 1.82) is 0 Å². The molecule has 9 nitrogen and oxygen atoms in total. The van der Waals surface area contributed by atoms with E-state index in [0.29, 0.717) is 5.69 Å². The second-order valence-electron chi connectivity index (χ2n) is 3.56. The maximum Gasteiger partial charge on any atom is 0.570 e. The number of oxime groups is 1. The lowest BCUT2D eigenvalue weighted by Gasteiger charge is -2.31. The molecule has 0 saturated heterocycles. The first kappa shape index (κ1) is 11.4. The molecule has 2 unspecified atom stereocenters. The van der Waals surface area contributed by atoms with E-state index in [1.54, 1.807) is 6.92 Å². The Labute approximate surface area is 100 Å². The quantitative estimate of drug-likeness (QED) is 0.256.